The highest BCUT2D eigenvalue weighted by atomic mass is 32.2. The van der Waals surface area contributed by atoms with Crippen LogP contribution in [0.5, 0.6) is 0 Å². The minimum atomic E-state index is -3.68. The maximum atomic E-state index is 12.6. The Morgan fingerprint density at radius 2 is 1.57 bits per heavy atom. The molecule has 0 bridgehead atoms. The molecule has 1 aromatic carbocycles. The summed E-state index contributed by atoms with van der Waals surface area (Å²) in [6.07, 6.45) is 2.74. The fraction of sp³-hybridized carbons (Fsp3) is 0.571. The van der Waals surface area contributed by atoms with Crippen molar-refractivity contribution in [3.63, 3.8) is 0 Å². The number of sulfonamides is 1. The van der Waals surface area contributed by atoms with E-state index in [2.05, 4.69) is 0 Å². The zero-order chi connectivity index (χ0) is 16.4. The lowest BCUT2D eigenvalue weighted by atomic mass is 10.2. The highest BCUT2D eigenvalue weighted by Gasteiger charge is 2.26. The summed E-state index contributed by atoms with van der Waals surface area (Å²) in [5.74, 6) is 0. The maximum Gasteiger partial charge on any atom is 0.243 e. The van der Waals surface area contributed by atoms with Crippen molar-refractivity contribution in [1.82, 2.24) is 4.31 Å². The van der Waals surface area contributed by atoms with Crippen LogP contribution in [0.3, 0.4) is 0 Å². The van der Waals surface area contributed by atoms with Gasteiger partial charge in [0.2, 0.25) is 10.0 Å². The molecule has 0 aromatic heterocycles. The van der Waals surface area contributed by atoms with Gasteiger partial charge in [-0.25, -0.2) is 21.1 Å². The van der Waals surface area contributed by atoms with E-state index >= 15 is 0 Å². The summed E-state index contributed by atoms with van der Waals surface area (Å²) in [6, 6.07) is 3.04. The average molecular weight is 333 g/mol. The number of sulfone groups is 1. The molecule has 1 aromatic rings. The van der Waals surface area contributed by atoms with E-state index in [1.54, 1.807) is 6.92 Å². The highest BCUT2D eigenvalue weighted by Crippen LogP contribution is 2.27. The zero-order valence-corrected chi connectivity index (χ0v) is 14.8. The van der Waals surface area contributed by atoms with Crippen LogP contribution in [0.1, 0.15) is 30.9 Å². The highest BCUT2D eigenvalue weighted by molar-refractivity contribution is 7.91. The van der Waals surface area contributed by atoms with Crippen molar-refractivity contribution in [2.45, 2.75) is 43.4 Å². The van der Waals surface area contributed by atoms with E-state index in [1.165, 1.54) is 30.4 Å². The number of nitrogens with zero attached hydrogens (tertiary/aromatic N) is 1. The Kier molecular flexibility index (Phi) is 5.57. The van der Waals surface area contributed by atoms with Gasteiger partial charge in [0.05, 0.1) is 9.79 Å². The van der Waals surface area contributed by atoms with Gasteiger partial charge in [0.1, 0.15) is 0 Å². The molecule has 0 spiro atoms. The fourth-order valence-electron chi connectivity index (χ4n) is 2.12. The van der Waals surface area contributed by atoms with Crippen molar-refractivity contribution in [1.29, 1.82) is 0 Å². The molecule has 0 N–H and O–H groups in total. The Hall–Kier alpha value is -0.920. The van der Waals surface area contributed by atoms with Gasteiger partial charge < -0.3 is 0 Å². The number of hydrogen-bond donors (Lipinski definition) is 0. The van der Waals surface area contributed by atoms with Crippen molar-refractivity contribution in [3.8, 4) is 0 Å². The van der Waals surface area contributed by atoms with Crippen LogP contribution in [0.4, 0.5) is 0 Å². The molecular formula is C14H23NO4S2. The van der Waals surface area contributed by atoms with Crippen LogP contribution < -0.4 is 0 Å². The van der Waals surface area contributed by atoms with Gasteiger partial charge in [0.25, 0.3) is 0 Å². The molecule has 0 saturated carbocycles. The molecule has 0 atom stereocenters. The van der Waals surface area contributed by atoms with Crippen LogP contribution in [0.2, 0.25) is 0 Å². The van der Waals surface area contributed by atoms with E-state index in [-0.39, 0.29) is 15.4 Å². The first kappa shape index (κ1) is 18.1. The molecular weight excluding hydrogens is 310 g/mol. The van der Waals surface area contributed by atoms with E-state index < -0.39 is 19.9 Å². The van der Waals surface area contributed by atoms with Crippen molar-refractivity contribution >= 4 is 19.9 Å². The number of hydrogen-bond acceptors (Lipinski definition) is 4. The van der Waals surface area contributed by atoms with Gasteiger partial charge in [-0.1, -0.05) is 13.3 Å². The van der Waals surface area contributed by atoms with Gasteiger partial charge in [-0.05, 0) is 43.5 Å². The summed E-state index contributed by atoms with van der Waals surface area (Å²) in [5.41, 5.74) is 0.898. The Labute approximate surface area is 127 Å². The van der Waals surface area contributed by atoms with Crippen LogP contribution in [-0.4, -0.2) is 41.0 Å². The second-order valence-electron chi connectivity index (χ2n) is 5.34. The van der Waals surface area contributed by atoms with E-state index in [0.29, 0.717) is 12.1 Å². The molecule has 7 heteroatoms. The summed E-state index contributed by atoms with van der Waals surface area (Å²) in [5, 5.41) is 0. The molecule has 0 aliphatic heterocycles. The zero-order valence-electron chi connectivity index (χ0n) is 13.2. The maximum absolute atomic E-state index is 12.6. The van der Waals surface area contributed by atoms with E-state index in [0.717, 1.165) is 19.1 Å². The van der Waals surface area contributed by atoms with Crippen LogP contribution >= 0.6 is 0 Å². The average Bonchev–Trinajstić information content (AvgIpc) is 2.36. The molecule has 0 amide bonds. The smallest absolute Gasteiger partial charge is 0.224 e. The fourth-order valence-corrected chi connectivity index (χ4v) is 4.78. The quantitative estimate of drug-likeness (QED) is 0.799. The molecule has 1 rings (SSSR count). The molecule has 0 unspecified atom stereocenters. The molecule has 0 aliphatic rings. The van der Waals surface area contributed by atoms with Crippen LogP contribution in [0.25, 0.3) is 0 Å². The van der Waals surface area contributed by atoms with Gasteiger partial charge in [-0.3, -0.25) is 0 Å². The molecule has 5 nitrogen and oxygen atoms in total. The molecule has 0 aliphatic carbocycles. The van der Waals surface area contributed by atoms with E-state index in [9.17, 15) is 16.8 Å². The number of rotatable bonds is 6. The summed E-state index contributed by atoms with van der Waals surface area (Å²) >= 11 is 0. The molecule has 0 fully saturated rings. The molecule has 120 valence electrons. The number of aryl methyl sites for hydroxylation is 1. The number of benzene rings is 1. The normalized spacial score (nSPS) is 12.9. The van der Waals surface area contributed by atoms with Gasteiger partial charge in [-0.15, -0.1) is 0 Å². The predicted molar refractivity (Wildman–Crippen MR) is 83.7 cm³/mol. The Morgan fingerprint density at radius 3 is 2.05 bits per heavy atom. The van der Waals surface area contributed by atoms with E-state index in [1.807, 2.05) is 6.92 Å². The van der Waals surface area contributed by atoms with Gasteiger partial charge >= 0.3 is 0 Å². The monoisotopic (exact) mass is 333 g/mol. The Morgan fingerprint density at radius 1 is 1.05 bits per heavy atom. The lowest BCUT2D eigenvalue weighted by Gasteiger charge is -2.20. The molecule has 0 saturated heterocycles. The predicted octanol–water partition coefficient (Wildman–Crippen LogP) is 2.13. The Bertz CT molecular complexity index is 722. The third-order valence-electron chi connectivity index (χ3n) is 3.37. The second kappa shape index (κ2) is 6.46. The summed E-state index contributed by atoms with van der Waals surface area (Å²) < 4.78 is 50.2. The topological polar surface area (TPSA) is 71.5 Å². The van der Waals surface area contributed by atoms with Crippen LogP contribution in [0.15, 0.2) is 21.9 Å². The first-order chi connectivity index (χ1) is 9.51. The molecule has 0 heterocycles. The third-order valence-corrected chi connectivity index (χ3v) is 6.58. The minimum absolute atomic E-state index is 0.0709. The first-order valence-corrected chi connectivity index (χ1v) is 10.1. The SMILES string of the molecule is CCCCN(C)S(=O)(=O)c1cc(C)cc(S(C)(=O)=O)c1C. The summed E-state index contributed by atoms with van der Waals surface area (Å²) in [6.45, 7) is 5.64. The Balaban J connectivity index is 3.47. The van der Waals surface area contributed by atoms with Crippen LogP contribution in [-0.2, 0) is 19.9 Å². The third kappa shape index (κ3) is 4.05. The first-order valence-electron chi connectivity index (χ1n) is 6.79. The van der Waals surface area contributed by atoms with Gasteiger partial charge in [0, 0.05) is 19.8 Å². The van der Waals surface area contributed by atoms with Crippen molar-refractivity contribution < 1.29 is 16.8 Å². The molecule has 21 heavy (non-hydrogen) atoms. The lowest BCUT2D eigenvalue weighted by molar-refractivity contribution is 0.458. The number of unbranched alkanes of at least 4 members (excludes halogenated alkanes) is 1. The van der Waals surface area contributed by atoms with Crippen molar-refractivity contribution in [3.05, 3.63) is 23.3 Å². The van der Waals surface area contributed by atoms with Crippen molar-refractivity contribution in [2.24, 2.45) is 0 Å². The summed E-state index contributed by atoms with van der Waals surface area (Å²) in [7, 11) is -5.62. The minimum Gasteiger partial charge on any atom is -0.224 e. The summed E-state index contributed by atoms with van der Waals surface area (Å²) in [4.78, 5) is 0.145. The molecule has 0 radical (unpaired) electrons. The van der Waals surface area contributed by atoms with Gasteiger partial charge in [0.15, 0.2) is 9.84 Å². The van der Waals surface area contributed by atoms with Gasteiger partial charge in [-0.2, -0.15) is 0 Å². The second-order valence-corrected chi connectivity index (χ2v) is 9.34. The van der Waals surface area contributed by atoms with Crippen molar-refractivity contribution in [2.75, 3.05) is 19.8 Å². The van der Waals surface area contributed by atoms with E-state index in [4.69, 9.17) is 0 Å². The standard InChI is InChI=1S/C14H23NO4S2/c1-6-7-8-15(4)21(18,19)14-10-11(2)9-13(12(14)3)20(5,16)17/h9-10H,6-8H2,1-5H3. The lowest BCUT2D eigenvalue weighted by Crippen LogP contribution is -2.29. The largest absolute Gasteiger partial charge is 0.243 e. The van der Waals surface area contributed by atoms with Crippen LogP contribution in [0, 0.1) is 13.8 Å².